The molecule has 2 aromatic heterocycles. The van der Waals surface area contributed by atoms with Gasteiger partial charge in [0.15, 0.2) is 0 Å². The molecule has 0 fully saturated rings. The molecular weight excluding hydrogens is 208 g/mol. The van der Waals surface area contributed by atoms with Crippen LogP contribution in [0, 0.1) is 0 Å². The molecule has 2 heterocycles. The Bertz CT molecular complexity index is 531. The van der Waals surface area contributed by atoms with Gasteiger partial charge < -0.3 is 15.0 Å². The van der Waals surface area contributed by atoms with Crippen molar-refractivity contribution in [3.8, 4) is 0 Å². The molecule has 1 unspecified atom stereocenters. The van der Waals surface area contributed by atoms with Crippen molar-refractivity contribution in [3.63, 3.8) is 0 Å². The number of fused-ring (bicyclic) bond motifs is 1. The van der Waals surface area contributed by atoms with E-state index < -0.39 is 0 Å². The predicted molar refractivity (Wildman–Crippen MR) is 59.3 cm³/mol. The van der Waals surface area contributed by atoms with E-state index in [9.17, 15) is 4.79 Å². The number of hydrogen-bond acceptors (Lipinski definition) is 4. The monoisotopic (exact) mass is 222 g/mol. The van der Waals surface area contributed by atoms with Crippen molar-refractivity contribution < 1.29 is 4.74 Å². The summed E-state index contributed by atoms with van der Waals surface area (Å²) in [5.41, 5.74) is 6.25. The Morgan fingerprint density at radius 2 is 2.38 bits per heavy atom. The Kier molecular flexibility index (Phi) is 3.02. The lowest BCUT2D eigenvalue weighted by Gasteiger charge is -2.12. The number of nitrogens with zero attached hydrogens (tertiary/aromatic N) is 3. The Balaban J connectivity index is 2.31. The van der Waals surface area contributed by atoms with Gasteiger partial charge in [-0.3, -0.25) is 4.79 Å². The maximum Gasteiger partial charge on any atom is 0.276 e. The molecule has 0 amide bonds. The van der Waals surface area contributed by atoms with Crippen LogP contribution < -0.4 is 11.3 Å². The molecule has 0 bridgehead atoms. The number of hydrogen-bond donors (Lipinski definition) is 1. The molecule has 0 saturated heterocycles. The fourth-order valence-corrected chi connectivity index (χ4v) is 1.62. The molecule has 1 atom stereocenters. The highest BCUT2D eigenvalue weighted by Crippen LogP contribution is 1.95. The van der Waals surface area contributed by atoms with Crippen molar-refractivity contribution in [3.05, 3.63) is 35.0 Å². The van der Waals surface area contributed by atoms with Crippen molar-refractivity contribution >= 4 is 5.52 Å². The molecule has 0 spiro atoms. The van der Waals surface area contributed by atoms with E-state index in [1.165, 1.54) is 0 Å². The lowest BCUT2D eigenvalue weighted by Crippen LogP contribution is -2.35. The van der Waals surface area contributed by atoms with Crippen LogP contribution in [0.25, 0.3) is 5.52 Å². The van der Waals surface area contributed by atoms with Crippen LogP contribution in [0.1, 0.15) is 0 Å². The van der Waals surface area contributed by atoms with Crippen LogP contribution in [-0.4, -0.2) is 33.9 Å². The smallest absolute Gasteiger partial charge is 0.276 e. The zero-order valence-corrected chi connectivity index (χ0v) is 9.04. The molecule has 0 aliphatic carbocycles. The average molecular weight is 222 g/mol. The molecule has 2 rings (SSSR count). The lowest BCUT2D eigenvalue weighted by atomic mass is 10.3. The van der Waals surface area contributed by atoms with Gasteiger partial charge >= 0.3 is 0 Å². The van der Waals surface area contributed by atoms with Gasteiger partial charge in [0.2, 0.25) is 0 Å². The SMILES string of the molecule is COCC(N)Cn1ccn2nccc2c1=O. The van der Waals surface area contributed by atoms with E-state index in [4.69, 9.17) is 10.5 Å². The van der Waals surface area contributed by atoms with Crippen LogP contribution in [0.3, 0.4) is 0 Å². The van der Waals surface area contributed by atoms with Gasteiger partial charge in [0.05, 0.1) is 12.8 Å². The molecule has 2 aromatic rings. The quantitative estimate of drug-likeness (QED) is 0.754. The molecule has 0 aliphatic rings. The van der Waals surface area contributed by atoms with Crippen molar-refractivity contribution in [1.82, 2.24) is 14.2 Å². The number of nitrogens with two attached hydrogens (primary N) is 1. The first-order chi connectivity index (χ1) is 7.72. The highest BCUT2D eigenvalue weighted by molar-refractivity contribution is 5.42. The second kappa shape index (κ2) is 4.46. The van der Waals surface area contributed by atoms with E-state index in [1.807, 2.05) is 0 Å². The standard InChI is InChI=1S/C10H14N4O2/c1-16-7-8(11)6-13-4-5-14-9(10(13)15)2-3-12-14/h2-5,8H,6-7,11H2,1H3. The first-order valence-corrected chi connectivity index (χ1v) is 4.99. The Morgan fingerprint density at radius 3 is 3.12 bits per heavy atom. The van der Waals surface area contributed by atoms with Gasteiger partial charge in [-0.15, -0.1) is 0 Å². The van der Waals surface area contributed by atoms with Gasteiger partial charge in [0.25, 0.3) is 5.56 Å². The molecular formula is C10H14N4O2. The normalized spacial score (nSPS) is 13.1. The van der Waals surface area contributed by atoms with Gasteiger partial charge in [0.1, 0.15) is 5.52 Å². The van der Waals surface area contributed by atoms with Crippen molar-refractivity contribution in [2.45, 2.75) is 12.6 Å². The molecule has 6 nitrogen and oxygen atoms in total. The van der Waals surface area contributed by atoms with Crippen molar-refractivity contribution in [2.75, 3.05) is 13.7 Å². The summed E-state index contributed by atoms with van der Waals surface area (Å²) >= 11 is 0. The van der Waals surface area contributed by atoms with Gasteiger partial charge in [0, 0.05) is 32.1 Å². The molecule has 0 saturated carbocycles. The maximum absolute atomic E-state index is 11.9. The number of rotatable bonds is 4. The number of methoxy groups -OCH3 is 1. The van der Waals surface area contributed by atoms with Crippen LogP contribution in [0.2, 0.25) is 0 Å². The lowest BCUT2D eigenvalue weighted by molar-refractivity contribution is 0.173. The number of ether oxygens (including phenoxy) is 1. The summed E-state index contributed by atoms with van der Waals surface area (Å²) in [4.78, 5) is 11.9. The summed E-state index contributed by atoms with van der Waals surface area (Å²) in [6, 6.07) is 1.49. The topological polar surface area (TPSA) is 74.6 Å². The van der Waals surface area contributed by atoms with Crippen LogP contribution in [0.5, 0.6) is 0 Å². The van der Waals surface area contributed by atoms with Crippen LogP contribution in [-0.2, 0) is 11.3 Å². The molecule has 6 heteroatoms. The third-order valence-corrected chi connectivity index (χ3v) is 2.35. The summed E-state index contributed by atoms with van der Waals surface area (Å²) in [7, 11) is 1.59. The zero-order valence-electron chi connectivity index (χ0n) is 9.04. The van der Waals surface area contributed by atoms with E-state index in [1.54, 1.807) is 40.8 Å². The molecule has 0 radical (unpaired) electrons. The summed E-state index contributed by atoms with van der Waals surface area (Å²) in [5, 5.41) is 3.98. The van der Waals surface area contributed by atoms with Gasteiger partial charge in [-0.05, 0) is 6.07 Å². The van der Waals surface area contributed by atoms with Gasteiger partial charge in [-0.2, -0.15) is 5.10 Å². The minimum atomic E-state index is -0.187. The molecule has 0 aromatic carbocycles. The third-order valence-electron chi connectivity index (χ3n) is 2.35. The Labute approximate surface area is 92.2 Å². The minimum Gasteiger partial charge on any atom is -0.383 e. The van der Waals surface area contributed by atoms with Crippen LogP contribution >= 0.6 is 0 Å². The van der Waals surface area contributed by atoms with Crippen molar-refractivity contribution in [2.24, 2.45) is 5.73 Å². The molecule has 0 aliphatic heterocycles. The zero-order chi connectivity index (χ0) is 11.5. The number of aromatic nitrogens is 3. The Hall–Kier alpha value is -1.66. The molecule has 2 N–H and O–H groups in total. The molecule has 86 valence electrons. The summed E-state index contributed by atoms with van der Waals surface area (Å²) in [5.74, 6) is 0. The van der Waals surface area contributed by atoms with E-state index in [0.29, 0.717) is 18.7 Å². The van der Waals surface area contributed by atoms with E-state index >= 15 is 0 Å². The van der Waals surface area contributed by atoms with E-state index in [0.717, 1.165) is 0 Å². The van der Waals surface area contributed by atoms with Crippen LogP contribution in [0.4, 0.5) is 0 Å². The van der Waals surface area contributed by atoms with Gasteiger partial charge in [-0.25, -0.2) is 4.52 Å². The second-order valence-corrected chi connectivity index (χ2v) is 3.63. The second-order valence-electron chi connectivity index (χ2n) is 3.63. The largest absolute Gasteiger partial charge is 0.383 e. The fraction of sp³-hybridized carbons (Fsp3) is 0.400. The third kappa shape index (κ3) is 1.98. The highest BCUT2D eigenvalue weighted by atomic mass is 16.5. The van der Waals surface area contributed by atoms with Crippen LogP contribution in [0.15, 0.2) is 29.5 Å². The first-order valence-electron chi connectivity index (χ1n) is 4.99. The van der Waals surface area contributed by atoms with E-state index in [-0.39, 0.29) is 11.6 Å². The van der Waals surface area contributed by atoms with E-state index in [2.05, 4.69) is 5.10 Å². The molecule has 16 heavy (non-hydrogen) atoms. The highest BCUT2D eigenvalue weighted by Gasteiger charge is 2.07. The summed E-state index contributed by atoms with van der Waals surface area (Å²) < 4.78 is 8.04. The fourth-order valence-electron chi connectivity index (χ4n) is 1.62. The predicted octanol–water partition coefficient (Wildman–Crippen LogP) is -0.530. The summed E-state index contributed by atoms with van der Waals surface area (Å²) in [6.07, 6.45) is 5.00. The first kappa shape index (κ1) is 10.8. The minimum absolute atomic E-state index is 0.0912. The Morgan fingerprint density at radius 1 is 1.56 bits per heavy atom. The van der Waals surface area contributed by atoms with Crippen molar-refractivity contribution in [1.29, 1.82) is 0 Å². The van der Waals surface area contributed by atoms with Gasteiger partial charge in [-0.1, -0.05) is 0 Å². The summed E-state index contributed by atoms with van der Waals surface area (Å²) in [6.45, 7) is 0.866. The maximum atomic E-state index is 11.9. The average Bonchev–Trinajstić information content (AvgIpc) is 2.71.